The fourth-order valence-electron chi connectivity index (χ4n) is 1.09. The van der Waals surface area contributed by atoms with Crippen LogP contribution in [-0.2, 0) is 4.74 Å². The second kappa shape index (κ2) is 9.80. The summed E-state index contributed by atoms with van der Waals surface area (Å²) in [6.45, 7) is 9.20. The van der Waals surface area contributed by atoms with E-state index in [-0.39, 0.29) is 0 Å². The number of pyridine rings is 1. The predicted octanol–water partition coefficient (Wildman–Crippen LogP) is 4.07. The number of ether oxygens (including phenoxy) is 1. The van der Waals surface area contributed by atoms with E-state index in [1.54, 1.807) is 12.3 Å². The van der Waals surface area contributed by atoms with Crippen LogP contribution in [0.25, 0.3) is 12.2 Å². The van der Waals surface area contributed by atoms with Crippen LogP contribution in [0.2, 0.25) is 0 Å². The van der Waals surface area contributed by atoms with Crippen LogP contribution in [0.1, 0.15) is 11.3 Å². The van der Waals surface area contributed by atoms with Crippen molar-refractivity contribution in [1.29, 1.82) is 0 Å². The molecule has 0 aliphatic carbocycles. The molecule has 0 unspecified atom stereocenters. The molecular formula is C17H19NO. The highest BCUT2D eigenvalue weighted by Crippen LogP contribution is 1.97. The Morgan fingerprint density at radius 3 is 1.84 bits per heavy atom. The van der Waals surface area contributed by atoms with Crippen molar-refractivity contribution in [2.45, 2.75) is 0 Å². The monoisotopic (exact) mass is 253 g/mol. The van der Waals surface area contributed by atoms with Gasteiger partial charge in [-0.2, -0.15) is 0 Å². The number of epoxide rings is 1. The Kier molecular flexibility index (Phi) is 7.67. The predicted molar refractivity (Wildman–Crippen MR) is 81.7 cm³/mol. The lowest BCUT2D eigenvalue weighted by atomic mass is 10.2. The fourth-order valence-corrected chi connectivity index (χ4v) is 1.09. The second-order valence-electron chi connectivity index (χ2n) is 3.69. The molecule has 2 heterocycles. The minimum absolute atomic E-state index is 0.924. The zero-order valence-corrected chi connectivity index (χ0v) is 11.0. The molecule has 0 spiro atoms. The van der Waals surface area contributed by atoms with Gasteiger partial charge in [-0.15, -0.1) is 0 Å². The van der Waals surface area contributed by atoms with Gasteiger partial charge in [0.2, 0.25) is 0 Å². The van der Waals surface area contributed by atoms with E-state index in [1.807, 2.05) is 54.6 Å². The first-order chi connectivity index (χ1) is 9.36. The van der Waals surface area contributed by atoms with Crippen molar-refractivity contribution in [1.82, 2.24) is 4.98 Å². The van der Waals surface area contributed by atoms with E-state index in [0.29, 0.717) is 0 Å². The summed E-state index contributed by atoms with van der Waals surface area (Å²) in [6, 6.07) is 15.8. The molecule has 2 heteroatoms. The maximum absolute atomic E-state index is 4.50. The van der Waals surface area contributed by atoms with Gasteiger partial charge in [0.1, 0.15) is 0 Å². The third kappa shape index (κ3) is 8.52. The van der Waals surface area contributed by atoms with Crippen LogP contribution >= 0.6 is 0 Å². The summed E-state index contributed by atoms with van der Waals surface area (Å²) in [5.41, 5.74) is 2.10. The zero-order chi connectivity index (χ0) is 13.8. The molecule has 1 fully saturated rings. The fraction of sp³-hybridized carbons (Fsp3) is 0.118. The molecule has 1 aliphatic heterocycles. The van der Waals surface area contributed by atoms with Crippen molar-refractivity contribution in [3.63, 3.8) is 0 Å². The summed E-state index contributed by atoms with van der Waals surface area (Å²) in [5.74, 6) is 0. The van der Waals surface area contributed by atoms with Crippen LogP contribution in [0.5, 0.6) is 0 Å². The molecule has 0 atom stereocenters. The number of rotatable bonds is 2. The molecule has 0 N–H and O–H groups in total. The lowest BCUT2D eigenvalue weighted by molar-refractivity contribution is 0.475. The Balaban J connectivity index is 0.000000156. The SMILES string of the molecule is C1CO1.C=Cc1ccccc1.C=Cc1ccccn1. The zero-order valence-electron chi connectivity index (χ0n) is 11.0. The third-order valence-corrected chi connectivity index (χ3v) is 2.14. The largest absolute Gasteiger partial charge is 0.377 e. The Morgan fingerprint density at radius 2 is 1.53 bits per heavy atom. The van der Waals surface area contributed by atoms with Gasteiger partial charge in [-0.05, 0) is 23.8 Å². The molecule has 0 bridgehead atoms. The van der Waals surface area contributed by atoms with Crippen molar-refractivity contribution in [2.75, 3.05) is 13.2 Å². The van der Waals surface area contributed by atoms with Crippen molar-refractivity contribution in [3.8, 4) is 0 Å². The van der Waals surface area contributed by atoms with E-state index in [1.165, 1.54) is 5.56 Å². The third-order valence-electron chi connectivity index (χ3n) is 2.14. The topological polar surface area (TPSA) is 25.4 Å². The van der Waals surface area contributed by atoms with Crippen molar-refractivity contribution >= 4 is 12.2 Å². The summed E-state index contributed by atoms with van der Waals surface area (Å²) < 4.78 is 4.50. The maximum Gasteiger partial charge on any atom is 0.0701 e. The molecule has 2 aromatic rings. The number of aromatic nitrogens is 1. The molecule has 0 amide bonds. The van der Waals surface area contributed by atoms with Gasteiger partial charge in [0.25, 0.3) is 0 Å². The molecule has 3 rings (SSSR count). The summed E-state index contributed by atoms with van der Waals surface area (Å²) in [6.07, 6.45) is 5.30. The van der Waals surface area contributed by atoms with E-state index in [0.717, 1.165) is 18.9 Å². The van der Waals surface area contributed by atoms with Crippen LogP contribution in [0.3, 0.4) is 0 Å². The number of nitrogens with zero attached hydrogens (tertiary/aromatic N) is 1. The van der Waals surface area contributed by atoms with Gasteiger partial charge >= 0.3 is 0 Å². The van der Waals surface area contributed by atoms with E-state index >= 15 is 0 Å². The highest BCUT2D eigenvalue weighted by Gasteiger charge is 1.94. The molecular weight excluding hydrogens is 234 g/mol. The molecule has 0 saturated carbocycles. The van der Waals surface area contributed by atoms with Crippen LogP contribution in [0.15, 0.2) is 67.9 Å². The maximum atomic E-state index is 4.50. The van der Waals surface area contributed by atoms with Gasteiger partial charge in [-0.1, -0.05) is 55.6 Å². The molecule has 2 nitrogen and oxygen atoms in total. The summed E-state index contributed by atoms with van der Waals surface area (Å²) in [5, 5.41) is 0. The van der Waals surface area contributed by atoms with Gasteiger partial charge in [0, 0.05) is 6.20 Å². The lowest BCUT2D eigenvalue weighted by Gasteiger charge is -1.85. The van der Waals surface area contributed by atoms with E-state index in [9.17, 15) is 0 Å². The van der Waals surface area contributed by atoms with Crippen LogP contribution in [0.4, 0.5) is 0 Å². The molecule has 1 saturated heterocycles. The molecule has 1 aromatic carbocycles. The normalized spacial score (nSPS) is 10.9. The van der Waals surface area contributed by atoms with E-state index in [4.69, 9.17) is 0 Å². The first kappa shape index (κ1) is 14.9. The van der Waals surface area contributed by atoms with Gasteiger partial charge < -0.3 is 4.74 Å². The Bertz CT molecular complexity index is 417. The quantitative estimate of drug-likeness (QED) is 0.754. The second-order valence-corrected chi connectivity index (χ2v) is 3.69. The van der Waals surface area contributed by atoms with Gasteiger partial charge in [-0.3, -0.25) is 4.98 Å². The first-order valence-corrected chi connectivity index (χ1v) is 6.15. The van der Waals surface area contributed by atoms with Crippen LogP contribution < -0.4 is 0 Å². The lowest BCUT2D eigenvalue weighted by Crippen LogP contribution is -1.73. The molecule has 1 aliphatic rings. The van der Waals surface area contributed by atoms with E-state index < -0.39 is 0 Å². The van der Waals surface area contributed by atoms with Gasteiger partial charge in [0.15, 0.2) is 0 Å². The highest BCUT2D eigenvalue weighted by molar-refractivity contribution is 5.45. The average Bonchev–Trinajstić information content (AvgIpc) is 3.38. The van der Waals surface area contributed by atoms with Crippen LogP contribution in [-0.4, -0.2) is 18.2 Å². The van der Waals surface area contributed by atoms with Crippen molar-refractivity contribution in [2.24, 2.45) is 0 Å². The van der Waals surface area contributed by atoms with Crippen molar-refractivity contribution < 1.29 is 4.74 Å². The summed E-state index contributed by atoms with van der Waals surface area (Å²) in [4.78, 5) is 3.98. The number of benzene rings is 1. The van der Waals surface area contributed by atoms with E-state index in [2.05, 4.69) is 22.9 Å². The number of hydrogen-bond acceptors (Lipinski definition) is 2. The first-order valence-electron chi connectivity index (χ1n) is 6.15. The van der Waals surface area contributed by atoms with Gasteiger partial charge in [0.05, 0.1) is 18.9 Å². The summed E-state index contributed by atoms with van der Waals surface area (Å²) >= 11 is 0. The smallest absolute Gasteiger partial charge is 0.0701 e. The molecule has 98 valence electrons. The minimum atomic E-state index is 0.924. The number of hydrogen-bond donors (Lipinski definition) is 0. The molecule has 19 heavy (non-hydrogen) atoms. The Morgan fingerprint density at radius 1 is 0.895 bits per heavy atom. The van der Waals surface area contributed by atoms with Crippen LogP contribution in [0, 0.1) is 0 Å². The molecule has 0 radical (unpaired) electrons. The molecule has 1 aromatic heterocycles. The minimum Gasteiger partial charge on any atom is -0.377 e. The summed E-state index contributed by atoms with van der Waals surface area (Å²) in [7, 11) is 0. The van der Waals surface area contributed by atoms with Gasteiger partial charge in [-0.25, -0.2) is 0 Å². The highest BCUT2D eigenvalue weighted by atomic mass is 16.6. The average molecular weight is 253 g/mol. The van der Waals surface area contributed by atoms with Crippen molar-refractivity contribution in [3.05, 3.63) is 79.1 Å². The Hall–Kier alpha value is -2.19. The Labute approximate surface area is 115 Å². The standard InChI is InChI=1S/C8H8.C7H7N.C2H4O/c1-2-8-6-4-3-5-7-8;1-2-7-5-3-4-6-8-7;1-2-3-1/h2-7H,1H2;2-6H,1H2;1-2H2.